The van der Waals surface area contributed by atoms with E-state index in [0.717, 1.165) is 25.6 Å². The number of aryl methyl sites for hydroxylation is 1. The highest BCUT2D eigenvalue weighted by Crippen LogP contribution is 2.21. The second-order valence-corrected chi connectivity index (χ2v) is 5.69. The van der Waals surface area contributed by atoms with Crippen molar-refractivity contribution in [1.82, 2.24) is 5.32 Å². The Morgan fingerprint density at radius 3 is 2.58 bits per heavy atom. The first-order valence-corrected chi connectivity index (χ1v) is 7.59. The molecule has 0 aliphatic heterocycles. The first-order chi connectivity index (χ1) is 9.08. The van der Waals surface area contributed by atoms with Gasteiger partial charge in [0.25, 0.3) is 0 Å². The van der Waals surface area contributed by atoms with E-state index >= 15 is 0 Å². The van der Waals surface area contributed by atoms with Crippen molar-refractivity contribution in [3.05, 3.63) is 29.3 Å². The summed E-state index contributed by atoms with van der Waals surface area (Å²) in [6, 6.07) is 6.82. The van der Waals surface area contributed by atoms with Gasteiger partial charge in [-0.05, 0) is 43.0 Å². The highest BCUT2D eigenvalue weighted by atomic mass is 15.1. The summed E-state index contributed by atoms with van der Waals surface area (Å²) in [5.74, 6) is 0.746. The molecule has 0 spiro atoms. The van der Waals surface area contributed by atoms with Crippen LogP contribution in [0.25, 0.3) is 0 Å². The molecule has 0 aliphatic rings. The van der Waals surface area contributed by atoms with Gasteiger partial charge >= 0.3 is 0 Å². The Kier molecular flexibility index (Phi) is 6.93. The van der Waals surface area contributed by atoms with Gasteiger partial charge in [-0.1, -0.05) is 39.3 Å². The Bertz CT molecular complexity index is 374. The Morgan fingerprint density at radius 1 is 1.26 bits per heavy atom. The fourth-order valence-corrected chi connectivity index (χ4v) is 2.36. The van der Waals surface area contributed by atoms with E-state index in [0.29, 0.717) is 0 Å². The van der Waals surface area contributed by atoms with Crippen molar-refractivity contribution in [3.8, 4) is 0 Å². The van der Waals surface area contributed by atoms with Crippen LogP contribution in [0.5, 0.6) is 0 Å². The molecule has 1 atom stereocenters. The van der Waals surface area contributed by atoms with Gasteiger partial charge < -0.3 is 10.2 Å². The van der Waals surface area contributed by atoms with Crippen LogP contribution in [0.4, 0.5) is 5.69 Å². The van der Waals surface area contributed by atoms with Crippen LogP contribution < -0.4 is 10.2 Å². The Morgan fingerprint density at radius 2 is 2.00 bits per heavy atom. The molecular formula is C17H30N2. The average Bonchev–Trinajstić information content (AvgIpc) is 2.38. The number of nitrogens with zero attached hydrogens (tertiary/aromatic N) is 1. The van der Waals surface area contributed by atoms with Crippen molar-refractivity contribution in [2.24, 2.45) is 5.92 Å². The number of hydrogen-bond donors (Lipinski definition) is 1. The zero-order valence-corrected chi connectivity index (χ0v) is 13.3. The summed E-state index contributed by atoms with van der Waals surface area (Å²) < 4.78 is 0. The maximum Gasteiger partial charge on any atom is 0.0393 e. The molecular weight excluding hydrogens is 232 g/mol. The van der Waals surface area contributed by atoms with Crippen LogP contribution in [0.2, 0.25) is 0 Å². The second kappa shape index (κ2) is 8.21. The van der Waals surface area contributed by atoms with E-state index < -0.39 is 0 Å². The van der Waals surface area contributed by atoms with E-state index in [1.807, 2.05) is 0 Å². The van der Waals surface area contributed by atoms with E-state index in [1.54, 1.807) is 0 Å². The second-order valence-electron chi connectivity index (χ2n) is 5.69. The first-order valence-electron chi connectivity index (χ1n) is 7.59. The molecule has 1 rings (SSSR count). The van der Waals surface area contributed by atoms with Crippen LogP contribution in [0, 0.1) is 12.8 Å². The van der Waals surface area contributed by atoms with Gasteiger partial charge in [-0.25, -0.2) is 0 Å². The van der Waals surface area contributed by atoms with E-state index in [2.05, 4.69) is 63.2 Å². The molecule has 0 fully saturated rings. The van der Waals surface area contributed by atoms with Crippen molar-refractivity contribution >= 4 is 5.69 Å². The molecule has 108 valence electrons. The molecule has 2 nitrogen and oxygen atoms in total. The fraction of sp³-hybridized carbons (Fsp3) is 0.647. The average molecular weight is 262 g/mol. The van der Waals surface area contributed by atoms with E-state index in [1.165, 1.54) is 29.7 Å². The highest BCUT2D eigenvalue weighted by molar-refractivity contribution is 5.53. The predicted octanol–water partition coefficient (Wildman–Crippen LogP) is 3.98. The highest BCUT2D eigenvalue weighted by Gasteiger charge is 2.08. The third-order valence-corrected chi connectivity index (χ3v) is 3.71. The summed E-state index contributed by atoms with van der Waals surface area (Å²) in [6.45, 7) is 12.2. The van der Waals surface area contributed by atoms with Crippen LogP contribution in [0.15, 0.2) is 18.2 Å². The minimum absolute atomic E-state index is 0.746. The molecule has 0 saturated carbocycles. The molecule has 0 heterocycles. The lowest BCUT2D eigenvalue weighted by Gasteiger charge is -2.25. The Labute approximate surface area is 119 Å². The SMILES string of the molecule is CCCNCc1ccc(N(C)CC(C)CC)c(C)c1. The maximum atomic E-state index is 3.46. The van der Waals surface area contributed by atoms with Crippen LogP contribution in [0.1, 0.15) is 44.7 Å². The molecule has 0 aliphatic carbocycles. The van der Waals surface area contributed by atoms with Crippen molar-refractivity contribution in [2.45, 2.75) is 47.1 Å². The number of anilines is 1. The normalized spacial score (nSPS) is 12.5. The van der Waals surface area contributed by atoms with Gasteiger partial charge in [0.05, 0.1) is 0 Å². The standard InChI is InChI=1S/C17H30N2/c1-6-10-18-12-16-8-9-17(15(4)11-16)19(5)13-14(3)7-2/h8-9,11,14,18H,6-7,10,12-13H2,1-5H3. The van der Waals surface area contributed by atoms with Crippen molar-refractivity contribution in [1.29, 1.82) is 0 Å². The largest absolute Gasteiger partial charge is 0.374 e. The minimum Gasteiger partial charge on any atom is -0.374 e. The van der Waals surface area contributed by atoms with Gasteiger partial charge in [0.1, 0.15) is 0 Å². The van der Waals surface area contributed by atoms with Crippen LogP contribution in [0.3, 0.4) is 0 Å². The van der Waals surface area contributed by atoms with E-state index in [9.17, 15) is 0 Å². The molecule has 19 heavy (non-hydrogen) atoms. The van der Waals surface area contributed by atoms with Crippen molar-refractivity contribution < 1.29 is 0 Å². The molecule has 0 aromatic heterocycles. The summed E-state index contributed by atoms with van der Waals surface area (Å²) in [5, 5.41) is 3.46. The van der Waals surface area contributed by atoms with Gasteiger partial charge in [0, 0.05) is 25.8 Å². The molecule has 1 aromatic carbocycles. The van der Waals surface area contributed by atoms with Crippen LogP contribution >= 0.6 is 0 Å². The van der Waals surface area contributed by atoms with Gasteiger partial charge in [0.15, 0.2) is 0 Å². The zero-order valence-electron chi connectivity index (χ0n) is 13.3. The minimum atomic E-state index is 0.746. The van der Waals surface area contributed by atoms with E-state index in [4.69, 9.17) is 0 Å². The van der Waals surface area contributed by atoms with Gasteiger partial charge in [-0.15, -0.1) is 0 Å². The molecule has 1 N–H and O–H groups in total. The van der Waals surface area contributed by atoms with Crippen LogP contribution in [-0.4, -0.2) is 20.1 Å². The van der Waals surface area contributed by atoms with Crippen LogP contribution in [-0.2, 0) is 6.54 Å². The summed E-state index contributed by atoms with van der Waals surface area (Å²) in [6.07, 6.45) is 2.43. The lowest BCUT2D eigenvalue weighted by atomic mass is 10.1. The summed E-state index contributed by atoms with van der Waals surface area (Å²) >= 11 is 0. The van der Waals surface area contributed by atoms with E-state index in [-0.39, 0.29) is 0 Å². The van der Waals surface area contributed by atoms with Gasteiger partial charge in [-0.3, -0.25) is 0 Å². The molecule has 2 heteroatoms. The fourth-order valence-electron chi connectivity index (χ4n) is 2.36. The molecule has 0 amide bonds. The molecule has 0 bridgehead atoms. The summed E-state index contributed by atoms with van der Waals surface area (Å²) in [4.78, 5) is 2.38. The van der Waals surface area contributed by atoms with Gasteiger partial charge in [-0.2, -0.15) is 0 Å². The smallest absolute Gasteiger partial charge is 0.0393 e. The molecule has 1 aromatic rings. The van der Waals surface area contributed by atoms with Gasteiger partial charge in [0.2, 0.25) is 0 Å². The first kappa shape index (κ1) is 16.0. The topological polar surface area (TPSA) is 15.3 Å². The molecule has 1 unspecified atom stereocenters. The number of rotatable bonds is 8. The zero-order chi connectivity index (χ0) is 14.3. The quantitative estimate of drug-likeness (QED) is 0.713. The number of nitrogens with one attached hydrogen (secondary N) is 1. The monoisotopic (exact) mass is 262 g/mol. The molecule has 0 radical (unpaired) electrons. The Balaban J connectivity index is 2.65. The third-order valence-electron chi connectivity index (χ3n) is 3.71. The summed E-state index contributed by atoms with van der Waals surface area (Å²) in [5.41, 5.74) is 4.12. The predicted molar refractivity (Wildman–Crippen MR) is 85.9 cm³/mol. The number of hydrogen-bond acceptors (Lipinski definition) is 2. The number of benzene rings is 1. The summed E-state index contributed by atoms with van der Waals surface area (Å²) in [7, 11) is 2.20. The lowest BCUT2D eigenvalue weighted by Crippen LogP contribution is -2.24. The van der Waals surface area contributed by atoms with Crippen molar-refractivity contribution in [2.75, 3.05) is 25.0 Å². The maximum absolute atomic E-state index is 3.46. The molecule has 0 saturated heterocycles. The Hall–Kier alpha value is -1.02. The lowest BCUT2D eigenvalue weighted by molar-refractivity contribution is 0.559. The van der Waals surface area contributed by atoms with Crippen molar-refractivity contribution in [3.63, 3.8) is 0 Å². The third kappa shape index (κ3) is 5.23.